The Morgan fingerprint density at radius 2 is 2.05 bits per heavy atom. The molecule has 1 aromatic carbocycles. The Labute approximate surface area is 121 Å². The first kappa shape index (κ1) is 14.3. The molecule has 0 aliphatic rings. The third-order valence-corrected chi connectivity index (χ3v) is 2.54. The molecule has 0 spiro atoms. The van der Waals surface area contributed by atoms with E-state index in [4.69, 9.17) is 16.3 Å². The smallest absolute Gasteiger partial charge is 0.256 e. The highest BCUT2D eigenvalue weighted by Crippen LogP contribution is 2.16. The number of hydrogen-bond donors (Lipinski definition) is 1. The van der Waals surface area contributed by atoms with Crippen LogP contribution in [0.2, 0.25) is 5.15 Å². The Morgan fingerprint density at radius 1 is 1.25 bits per heavy atom. The van der Waals surface area contributed by atoms with Crippen molar-refractivity contribution in [2.45, 2.75) is 20.0 Å². The van der Waals surface area contributed by atoms with E-state index in [1.54, 1.807) is 36.4 Å². The van der Waals surface area contributed by atoms with Gasteiger partial charge in [0.25, 0.3) is 5.91 Å². The highest BCUT2D eigenvalue weighted by atomic mass is 35.5. The van der Waals surface area contributed by atoms with Gasteiger partial charge in [0.15, 0.2) is 11.0 Å². The molecule has 0 atom stereocenters. The van der Waals surface area contributed by atoms with E-state index in [-0.39, 0.29) is 17.2 Å². The summed E-state index contributed by atoms with van der Waals surface area (Å²) in [6.45, 7) is 3.85. The highest BCUT2D eigenvalue weighted by Gasteiger charge is 2.09. The van der Waals surface area contributed by atoms with Crippen LogP contribution in [0.25, 0.3) is 0 Å². The van der Waals surface area contributed by atoms with Crippen LogP contribution in [-0.2, 0) is 0 Å². The summed E-state index contributed by atoms with van der Waals surface area (Å²) in [7, 11) is 0. The Kier molecular flexibility index (Phi) is 4.53. The van der Waals surface area contributed by atoms with Gasteiger partial charge in [-0.2, -0.15) is 0 Å². The van der Waals surface area contributed by atoms with Crippen molar-refractivity contribution < 1.29 is 9.53 Å². The van der Waals surface area contributed by atoms with Gasteiger partial charge in [0.05, 0.1) is 6.10 Å². The number of amides is 1. The molecule has 0 aliphatic carbocycles. The number of ether oxygens (including phenoxy) is 1. The summed E-state index contributed by atoms with van der Waals surface area (Å²) in [6.07, 6.45) is 0.0513. The van der Waals surface area contributed by atoms with Crippen LogP contribution in [0.15, 0.2) is 36.4 Å². The molecule has 0 aliphatic heterocycles. The standard InChI is InChI=1S/C14H14ClN3O2/c1-9(2)20-11-5-3-4-10(8-11)14(19)16-13-7-6-12(15)17-18-13/h3-9H,1-2H3,(H,16,18,19). The molecule has 5 nitrogen and oxygen atoms in total. The average Bonchev–Trinajstić information content (AvgIpc) is 2.41. The molecule has 0 fully saturated rings. The van der Waals surface area contributed by atoms with E-state index in [9.17, 15) is 4.79 Å². The summed E-state index contributed by atoms with van der Waals surface area (Å²) in [5, 5.41) is 10.3. The quantitative estimate of drug-likeness (QED) is 0.940. The summed E-state index contributed by atoms with van der Waals surface area (Å²) < 4.78 is 5.55. The lowest BCUT2D eigenvalue weighted by atomic mass is 10.2. The largest absolute Gasteiger partial charge is 0.491 e. The first-order chi connectivity index (χ1) is 9.54. The number of nitrogens with zero attached hydrogens (tertiary/aromatic N) is 2. The molecule has 104 valence electrons. The molecule has 0 radical (unpaired) electrons. The topological polar surface area (TPSA) is 64.1 Å². The maximum absolute atomic E-state index is 12.1. The molecular formula is C14H14ClN3O2. The Balaban J connectivity index is 2.10. The zero-order valence-corrected chi connectivity index (χ0v) is 11.9. The Bertz CT molecular complexity index is 600. The fourth-order valence-electron chi connectivity index (χ4n) is 1.55. The zero-order valence-electron chi connectivity index (χ0n) is 11.1. The third-order valence-electron chi connectivity index (χ3n) is 2.34. The van der Waals surface area contributed by atoms with Crippen molar-refractivity contribution in [1.29, 1.82) is 0 Å². The van der Waals surface area contributed by atoms with Crippen molar-refractivity contribution in [2.75, 3.05) is 5.32 Å². The second kappa shape index (κ2) is 6.34. The molecule has 1 amide bonds. The van der Waals surface area contributed by atoms with E-state index in [2.05, 4.69) is 15.5 Å². The third kappa shape index (κ3) is 3.93. The molecule has 1 heterocycles. The number of carbonyl (C=O) groups excluding carboxylic acids is 1. The van der Waals surface area contributed by atoms with Gasteiger partial charge in [-0.05, 0) is 44.2 Å². The molecule has 0 bridgehead atoms. The summed E-state index contributed by atoms with van der Waals surface area (Å²) in [5.74, 6) is 0.709. The number of carbonyl (C=O) groups is 1. The number of benzene rings is 1. The van der Waals surface area contributed by atoms with Crippen molar-refractivity contribution in [2.24, 2.45) is 0 Å². The van der Waals surface area contributed by atoms with E-state index < -0.39 is 0 Å². The minimum Gasteiger partial charge on any atom is -0.491 e. The molecule has 2 rings (SSSR count). The van der Waals surface area contributed by atoms with E-state index in [0.29, 0.717) is 17.1 Å². The van der Waals surface area contributed by atoms with Gasteiger partial charge in [-0.25, -0.2) is 0 Å². The molecule has 20 heavy (non-hydrogen) atoms. The SMILES string of the molecule is CC(C)Oc1cccc(C(=O)Nc2ccc(Cl)nn2)c1. The van der Waals surface area contributed by atoms with Crippen LogP contribution in [0.4, 0.5) is 5.82 Å². The normalized spacial score (nSPS) is 10.4. The second-order valence-electron chi connectivity index (χ2n) is 4.39. The van der Waals surface area contributed by atoms with Gasteiger partial charge in [0.2, 0.25) is 0 Å². The minimum atomic E-state index is -0.282. The Morgan fingerprint density at radius 3 is 2.70 bits per heavy atom. The molecule has 1 N–H and O–H groups in total. The van der Waals surface area contributed by atoms with Gasteiger partial charge < -0.3 is 10.1 Å². The van der Waals surface area contributed by atoms with Crippen LogP contribution in [0.5, 0.6) is 5.75 Å². The Hall–Kier alpha value is -2.14. The van der Waals surface area contributed by atoms with Crippen molar-refractivity contribution in [3.05, 3.63) is 47.1 Å². The van der Waals surface area contributed by atoms with E-state index in [0.717, 1.165) is 0 Å². The molecule has 0 saturated carbocycles. The van der Waals surface area contributed by atoms with Crippen molar-refractivity contribution in [3.63, 3.8) is 0 Å². The molecule has 1 aromatic heterocycles. The van der Waals surface area contributed by atoms with Gasteiger partial charge in [-0.1, -0.05) is 17.7 Å². The number of rotatable bonds is 4. The van der Waals surface area contributed by atoms with E-state index in [1.165, 1.54) is 0 Å². The molecule has 0 unspecified atom stereocenters. The number of hydrogen-bond acceptors (Lipinski definition) is 4. The van der Waals surface area contributed by atoms with Crippen LogP contribution in [0.3, 0.4) is 0 Å². The summed E-state index contributed by atoms with van der Waals surface area (Å²) in [5.41, 5.74) is 0.486. The van der Waals surface area contributed by atoms with Crippen LogP contribution < -0.4 is 10.1 Å². The first-order valence-electron chi connectivity index (χ1n) is 6.12. The molecular weight excluding hydrogens is 278 g/mol. The molecule has 0 saturated heterocycles. The zero-order chi connectivity index (χ0) is 14.5. The van der Waals surface area contributed by atoms with Crippen LogP contribution >= 0.6 is 11.6 Å². The van der Waals surface area contributed by atoms with Crippen LogP contribution in [0.1, 0.15) is 24.2 Å². The van der Waals surface area contributed by atoms with Crippen molar-refractivity contribution in [3.8, 4) is 5.75 Å². The van der Waals surface area contributed by atoms with E-state index >= 15 is 0 Å². The lowest BCUT2D eigenvalue weighted by Crippen LogP contribution is -2.14. The predicted octanol–water partition coefficient (Wildman–Crippen LogP) is 3.17. The number of nitrogens with one attached hydrogen (secondary N) is 1. The highest BCUT2D eigenvalue weighted by molar-refractivity contribution is 6.29. The summed E-state index contributed by atoms with van der Waals surface area (Å²) >= 11 is 5.63. The van der Waals surface area contributed by atoms with Crippen LogP contribution in [-0.4, -0.2) is 22.2 Å². The average molecular weight is 292 g/mol. The second-order valence-corrected chi connectivity index (χ2v) is 4.78. The molecule has 6 heteroatoms. The van der Waals surface area contributed by atoms with Crippen molar-refractivity contribution >= 4 is 23.3 Å². The van der Waals surface area contributed by atoms with Gasteiger partial charge in [-0.15, -0.1) is 10.2 Å². The lowest BCUT2D eigenvalue weighted by molar-refractivity contribution is 0.102. The fraction of sp³-hybridized carbons (Fsp3) is 0.214. The maximum Gasteiger partial charge on any atom is 0.256 e. The minimum absolute atomic E-state index is 0.0513. The van der Waals surface area contributed by atoms with Gasteiger partial charge in [-0.3, -0.25) is 4.79 Å². The monoisotopic (exact) mass is 291 g/mol. The maximum atomic E-state index is 12.1. The summed E-state index contributed by atoms with van der Waals surface area (Å²) in [6, 6.07) is 10.1. The number of anilines is 1. The fourth-order valence-corrected chi connectivity index (χ4v) is 1.65. The van der Waals surface area contributed by atoms with Gasteiger partial charge >= 0.3 is 0 Å². The molecule has 2 aromatic rings. The lowest BCUT2D eigenvalue weighted by Gasteiger charge is -2.10. The van der Waals surface area contributed by atoms with Crippen LogP contribution in [0, 0.1) is 0 Å². The first-order valence-corrected chi connectivity index (χ1v) is 6.49. The van der Waals surface area contributed by atoms with Gasteiger partial charge in [0.1, 0.15) is 5.75 Å². The number of aromatic nitrogens is 2. The van der Waals surface area contributed by atoms with Crippen molar-refractivity contribution in [1.82, 2.24) is 10.2 Å². The number of halogens is 1. The predicted molar refractivity (Wildman–Crippen MR) is 77.2 cm³/mol. The van der Waals surface area contributed by atoms with Gasteiger partial charge in [0, 0.05) is 5.56 Å². The summed E-state index contributed by atoms with van der Waals surface area (Å²) in [4.78, 5) is 12.1. The van der Waals surface area contributed by atoms with E-state index in [1.807, 2.05) is 13.8 Å².